The summed E-state index contributed by atoms with van der Waals surface area (Å²) in [6.45, 7) is 1.77. The highest BCUT2D eigenvalue weighted by molar-refractivity contribution is 6.36. The zero-order valence-electron chi connectivity index (χ0n) is 14.9. The number of nitrogens with zero attached hydrogens (tertiary/aromatic N) is 3. The minimum Gasteiger partial charge on any atom is -0.497 e. The fourth-order valence-corrected chi connectivity index (χ4v) is 2.78. The SMILES string of the molecule is COc1ccc(Nc2nc(C)nc(Nc3ccc(Cl)cc3Cl)n2)c(OC)c1. The molecule has 2 aromatic carbocycles. The van der Waals surface area contributed by atoms with E-state index in [1.54, 1.807) is 45.4 Å². The number of nitrogens with one attached hydrogen (secondary N) is 2. The van der Waals surface area contributed by atoms with Gasteiger partial charge in [0.15, 0.2) is 0 Å². The van der Waals surface area contributed by atoms with Crippen molar-refractivity contribution in [3.63, 3.8) is 0 Å². The minimum absolute atomic E-state index is 0.349. The van der Waals surface area contributed by atoms with E-state index >= 15 is 0 Å². The molecule has 0 fully saturated rings. The summed E-state index contributed by atoms with van der Waals surface area (Å²) in [5.74, 6) is 2.53. The van der Waals surface area contributed by atoms with E-state index in [1.807, 2.05) is 12.1 Å². The van der Waals surface area contributed by atoms with Gasteiger partial charge in [-0.05, 0) is 37.3 Å². The fourth-order valence-electron chi connectivity index (χ4n) is 2.33. The number of aryl methyl sites for hydroxylation is 1. The lowest BCUT2D eigenvalue weighted by Gasteiger charge is -2.13. The largest absolute Gasteiger partial charge is 0.497 e. The standard InChI is InChI=1S/C18H17Cl2N5O2/c1-10-21-17(23-14-6-4-11(19)8-13(14)20)25-18(22-10)24-15-7-5-12(26-2)9-16(15)27-3/h4-9H,1-3H3,(H2,21,22,23,24,25). The molecule has 0 amide bonds. The highest BCUT2D eigenvalue weighted by Gasteiger charge is 2.10. The number of anilines is 4. The number of rotatable bonds is 6. The van der Waals surface area contributed by atoms with E-state index in [9.17, 15) is 0 Å². The second kappa shape index (κ2) is 8.28. The van der Waals surface area contributed by atoms with Gasteiger partial charge in [0.25, 0.3) is 0 Å². The number of aromatic nitrogens is 3. The Balaban J connectivity index is 1.87. The van der Waals surface area contributed by atoms with Crippen LogP contribution >= 0.6 is 23.2 Å². The monoisotopic (exact) mass is 405 g/mol. The van der Waals surface area contributed by atoms with Gasteiger partial charge < -0.3 is 20.1 Å². The number of benzene rings is 2. The smallest absolute Gasteiger partial charge is 0.232 e. The maximum atomic E-state index is 6.19. The molecule has 3 rings (SSSR count). The van der Waals surface area contributed by atoms with Crippen molar-refractivity contribution < 1.29 is 9.47 Å². The molecule has 0 spiro atoms. The Labute approximate surface area is 166 Å². The summed E-state index contributed by atoms with van der Waals surface area (Å²) < 4.78 is 10.6. The van der Waals surface area contributed by atoms with Crippen molar-refractivity contribution in [2.24, 2.45) is 0 Å². The molecule has 9 heteroatoms. The molecule has 0 unspecified atom stereocenters. The Morgan fingerprint density at radius 2 is 1.48 bits per heavy atom. The summed E-state index contributed by atoms with van der Waals surface area (Å²) in [6, 6.07) is 10.5. The van der Waals surface area contributed by atoms with Gasteiger partial charge in [-0.2, -0.15) is 15.0 Å². The third kappa shape index (κ3) is 4.69. The summed E-state index contributed by atoms with van der Waals surface area (Å²) >= 11 is 12.1. The Kier molecular flexibility index (Phi) is 5.83. The highest BCUT2D eigenvalue weighted by Crippen LogP contribution is 2.31. The molecule has 0 saturated heterocycles. The molecule has 0 aliphatic carbocycles. The van der Waals surface area contributed by atoms with Gasteiger partial charge in [0, 0.05) is 11.1 Å². The van der Waals surface area contributed by atoms with Gasteiger partial charge in [0.05, 0.1) is 30.6 Å². The summed E-state index contributed by atoms with van der Waals surface area (Å²) in [4.78, 5) is 13.0. The molecule has 0 saturated carbocycles. The zero-order chi connectivity index (χ0) is 19.4. The van der Waals surface area contributed by atoms with Crippen LogP contribution < -0.4 is 20.1 Å². The molecular formula is C18H17Cl2N5O2. The number of methoxy groups -OCH3 is 2. The predicted octanol–water partition coefficient (Wildman–Crippen LogP) is 4.99. The number of halogens is 2. The van der Waals surface area contributed by atoms with Crippen LogP contribution in [0.25, 0.3) is 0 Å². The van der Waals surface area contributed by atoms with E-state index in [0.717, 1.165) is 0 Å². The first-order valence-electron chi connectivity index (χ1n) is 7.92. The van der Waals surface area contributed by atoms with Crippen molar-refractivity contribution in [2.45, 2.75) is 6.92 Å². The lowest BCUT2D eigenvalue weighted by molar-refractivity contribution is 0.395. The number of hydrogen-bond acceptors (Lipinski definition) is 7. The average molecular weight is 406 g/mol. The van der Waals surface area contributed by atoms with Crippen LogP contribution in [0.3, 0.4) is 0 Å². The van der Waals surface area contributed by atoms with Crippen molar-refractivity contribution in [1.29, 1.82) is 0 Å². The third-order valence-corrected chi connectivity index (χ3v) is 4.13. The van der Waals surface area contributed by atoms with Crippen LogP contribution in [0.2, 0.25) is 10.0 Å². The third-order valence-electron chi connectivity index (χ3n) is 3.58. The maximum absolute atomic E-state index is 6.19. The quantitative estimate of drug-likeness (QED) is 0.597. The molecule has 0 radical (unpaired) electrons. The first kappa shape index (κ1) is 19.0. The zero-order valence-corrected chi connectivity index (χ0v) is 16.4. The Morgan fingerprint density at radius 1 is 0.815 bits per heavy atom. The van der Waals surface area contributed by atoms with Gasteiger partial charge >= 0.3 is 0 Å². The Morgan fingerprint density at radius 3 is 2.11 bits per heavy atom. The molecule has 0 aliphatic rings. The average Bonchev–Trinajstić information content (AvgIpc) is 2.64. The van der Waals surface area contributed by atoms with Crippen LogP contribution in [0.1, 0.15) is 5.82 Å². The van der Waals surface area contributed by atoms with E-state index in [-0.39, 0.29) is 0 Å². The molecule has 0 atom stereocenters. The highest BCUT2D eigenvalue weighted by atomic mass is 35.5. The van der Waals surface area contributed by atoms with Gasteiger partial charge in [-0.3, -0.25) is 0 Å². The summed E-state index contributed by atoms with van der Waals surface area (Å²) in [6.07, 6.45) is 0. The predicted molar refractivity (Wildman–Crippen MR) is 107 cm³/mol. The molecule has 1 aromatic heterocycles. The molecule has 1 heterocycles. The fraction of sp³-hybridized carbons (Fsp3) is 0.167. The lowest BCUT2D eigenvalue weighted by atomic mass is 10.2. The maximum Gasteiger partial charge on any atom is 0.232 e. The molecule has 7 nitrogen and oxygen atoms in total. The van der Waals surface area contributed by atoms with E-state index in [1.165, 1.54) is 0 Å². The Hall–Kier alpha value is -2.77. The van der Waals surface area contributed by atoms with Crippen LogP contribution in [0.5, 0.6) is 11.5 Å². The number of hydrogen-bond donors (Lipinski definition) is 2. The lowest BCUT2D eigenvalue weighted by Crippen LogP contribution is -2.06. The number of ether oxygens (including phenoxy) is 2. The van der Waals surface area contributed by atoms with Gasteiger partial charge in [-0.25, -0.2) is 0 Å². The minimum atomic E-state index is 0.349. The van der Waals surface area contributed by atoms with Crippen LogP contribution in [0.4, 0.5) is 23.3 Å². The molecule has 27 heavy (non-hydrogen) atoms. The van der Waals surface area contributed by atoms with Gasteiger partial charge in [0.2, 0.25) is 11.9 Å². The molecule has 2 N–H and O–H groups in total. The van der Waals surface area contributed by atoms with Crippen molar-refractivity contribution in [3.8, 4) is 11.5 Å². The summed E-state index contributed by atoms with van der Waals surface area (Å²) in [7, 11) is 3.17. The van der Waals surface area contributed by atoms with Crippen LogP contribution in [-0.4, -0.2) is 29.2 Å². The molecule has 0 aliphatic heterocycles. The van der Waals surface area contributed by atoms with E-state index in [0.29, 0.717) is 50.6 Å². The second-order valence-corrected chi connectivity index (χ2v) is 6.31. The van der Waals surface area contributed by atoms with Crippen molar-refractivity contribution >= 4 is 46.5 Å². The Bertz CT molecular complexity index is 968. The summed E-state index contributed by atoms with van der Waals surface area (Å²) in [5.41, 5.74) is 1.33. The van der Waals surface area contributed by atoms with Gasteiger partial charge in [-0.15, -0.1) is 0 Å². The molecule has 140 valence electrons. The first-order valence-corrected chi connectivity index (χ1v) is 8.68. The molecular weight excluding hydrogens is 389 g/mol. The van der Waals surface area contributed by atoms with Crippen LogP contribution in [-0.2, 0) is 0 Å². The second-order valence-electron chi connectivity index (χ2n) is 5.47. The van der Waals surface area contributed by atoms with Crippen LogP contribution in [0.15, 0.2) is 36.4 Å². The van der Waals surface area contributed by atoms with Gasteiger partial charge in [0.1, 0.15) is 17.3 Å². The van der Waals surface area contributed by atoms with E-state index in [2.05, 4.69) is 25.6 Å². The summed E-state index contributed by atoms with van der Waals surface area (Å²) in [5, 5.41) is 7.21. The van der Waals surface area contributed by atoms with E-state index in [4.69, 9.17) is 32.7 Å². The van der Waals surface area contributed by atoms with Gasteiger partial charge in [-0.1, -0.05) is 23.2 Å². The van der Waals surface area contributed by atoms with E-state index < -0.39 is 0 Å². The van der Waals surface area contributed by atoms with Crippen molar-refractivity contribution in [2.75, 3.05) is 24.9 Å². The topological polar surface area (TPSA) is 81.2 Å². The first-order chi connectivity index (χ1) is 13.0. The molecule has 0 bridgehead atoms. The van der Waals surface area contributed by atoms with Crippen molar-refractivity contribution in [3.05, 3.63) is 52.3 Å². The molecule has 3 aromatic rings. The normalized spacial score (nSPS) is 10.4. The van der Waals surface area contributed by atoms with Crippen molar-refractivity contribution in [1.82, 2.24) is 15.0 Å². The van der Waals surface area contributed by atoms with Crippen LogP contribution in [0, 0.1) is 6.92 Å².